The first-order chi connectivity index (χ1) is 19.9. The highest BCUT2D eigenvalue weighted by Gasteiger charge is 2.42. The standard InChI is InChI=1S/C34H27FN2O4/c1-41-34(40)24-13-11-22(12-14-24)32-31-28(19-25(20-30(31)38)21-15-17-26(35)18-16-21)36-27-9-5-6-10-29(27)37(32)33(39)23-7-3-2-4-8-23/h2-18,25,32,36H,19-20H2,1H3/t25-,32-/m0/s1. The lowest BCUT2D eigenvalue weighted by Gasteiger charge is -2.35. The molecular formula is C34H27FN2O4. The molecule has 0 fully saturated rings. The number of rotatable bonds is 4. The Morgan fingerprint density at radius 3 is 2.17 bits per heavy atom. The number of allylic oxidation sites excluding steroid dienone is 1. The summed E-state index contributed by atoms with van der Waals surface area (Å²) in [4.78, 5) is 42.2. The number of hydrogen-bond acceptors (Lipinski definition) is 5. The number of methoxy groups -OCH3 is 1. The highest BCUT2D eigenvalue weighted by Crippen LogP contribution is 2.47. The van der Waals surface area contributed by atoms with Gasteiger partial charge in [0.2, 0.25) is 0 Å². The van der Waals surface area contributed by atoms with Gasteiger partial charge < -0.3 is 10.1 Å². The summed E-state index contributed by atoms with van der Waals surface area (Å²) in [6.07, 6.45) is 0.720. The van der Waals surface area contributed by atoms with E-state index < -0.39 is 12.0 Å². The van der Waals surface area contributed by atoms with Gasteiger partial charge in [0, 0.05) is 23.3 Å². The molecule has 1 amide bonds. The van der Waals surface area contributed by atoms with Gasteiger partial charge in [-0.2, -0.15) is 0 Å². The zero-order valence-corrected chi connectivity index (χ0v) is 22.3. The topological polar surface area (TPSA) is 75.7 Å². The summed E-state index contributed by atoms with van der Waals surface area (Å²) in [5.74, 6) is -1.32. The normalized spacial score (nSPS) is 18.1. The van der Waals surface area contributed by atoms with Crippen molar-refractivity contribution in [2.24, 2.45) is 0 Å². The van der Waals surface area contributed by atoms with Crippen molar-refractivity contribution in [1.29, 1.82) is 0 Å². The predicted octanol–water partition coefficient (Wildman–Crippen LogP) is 6.83. The van der Waals surface area contributed by atoms with Crippen LogP contribution in [0.1, 0.15) is 56.6 Å². The van der Waals surface area contributed by atoms with E-state index in [9.17, 15) is 18.8 Å². The highest BCUT2D eigenvalue weighted by atomic mass is 19.1. The lowest BCUT2D eigenvalue weighted by atomic mass is 9.78. The van der Waals surface area contributed by atoms with Crippen LogP contribution in [0.5, 0.6) is 0 Å². The maximum atomic E-state index is 14.3. The predicted molar refractivity (Wildman–Crippen MR) is 154 cm³/mol. The number of Topliss-reactive ketones (excluding diaryl/α,β-unsaturated/α-hetero) is 1. The number of ether oxygens (including phenoxy) is 1. The lowest BCUT2D eigenvalue weighted by Crippen LogP contribution is -2.38. The number of amides is 1. The van der Waals surface area contributed by atoms with E-state index in [1.54, 1.807) is 65.6 Å². The molecule has 0 saturated carbocycles. The van der Waals surface area contributed by atoms with Gasteiger partial charge in [0.05, 0.1) is 30.1 Å². The van der Waals surface area contributed by atoms with Crippen LogP contribution in [-0.2, 0) is 9.53 Å². The fourth-order valence-corrected chi connectivity index (χ4v) is 5.74. The first-order valence-electron chi connectivity index (χ1n) is 13.4. The van der Waals surface area contributed by atoms with Crippen molar-refractivity contribution in [2.75, 3.05) is 17.3 Å². The number of benzene rings is 4. The molecule has 0 saturated heterocycles. The summed E-state index contributed by atoms with van der Waals surface area (Å²) < 4.78 is 18.5. The number of halogens is 1. The average Bonchev–Trinajstić information content (AvgIpc) is 3.16. The summed E-state index contributed by atoms with van der Waals surface area (Å²) in [5, 5.41) is 3.49. The Bertz CT molecular complexity index is 1660. The van der Waals surface area contributed by atoms with Crippen molar-refractivity contribution in [1.82, 2.24) is 0 Å². The van der Waals surface area contributed by atoms with E-state index >= 15 is 0 Å². The first-order valence-corrected chi connectivity index (χ1v) is 13.4. The number of carbonyl (C=O) groups excluding carboxylic acids is 3. The number of anilines is 2. The molecule has 1 N–H and O–H groups in total. The fourth-order valence-electron chi connectivity index (χ4n) is 5.74. The Morgan fingerprint density at radius 1 is 0.805 bits per heavy atom. The van der Waals surface area contributed by atoms with Gasteiger partial charge in [0.15, 0.2) is 5.78 Å². The maximum Gasteiger partial charge on any atom is 0.337 e. The van der Waals surface area contributed by atoms with E-state index in [0.29, 0.717) is 45.8 Å². The first kappa shape index (κ1) is 26.2. The Labute approximate surface area is 237 Å². The number of nitrogens with zero attached hydrogens (tertiary/aromatic N) is 1. The lowest BCUT2D eigenvalue weighted by molar-refractivity contribution is -0.116. The Hall–Kier alpha value is -5.04. The number of fused-ring (bicyclic) bond motifs is 1. The Kier molecular flexibility index (Phi) is 6.93. The molecule has 4 aromatic rings. The van der Waals surface area contributed by atoms with Crippen molar-refractivity contribution in [3.05, 3.63) is 142 Å². The van der Waals surface area contributed by atoms with Crippen molar-refractivity contribution < 1.29 is 23.5 Å². The van der Waals surface area contributed by atoms with Crippen LogP contribution in [0, 0.1) is 5.82 Å². The number of carbonyl (C=O) groups is 3. The van der Waals surface area contributed by atoms with Gasteiger partial charge in [-0.3, -0.25) is 14.5 Å². The van der Waals surface area contributed by atoms with Crippen molar-refractivity contribution in [3.8, 4) is 0 Å². The molecule has 4 aromatic carbocycles. The minimum absolute atomic E-state index is 0.103. The van der Waals surface area contributed by atoms with Crippen LogP contribution >= 0.6 is 0 Å². The third-order valence-corrected chi connectivity index (χ3v) is 7.72. The molecule has 2 atom stereocenters. The second-order valence-corrected chi connectivity index (χ2v) is 10.2. The van der Waals surface area contributed by atoms with Crippen LogP contribution in [0.25, 0.3) is 0 Å². The Balaban J connectivity index is 1.54. The fraction of sp³-hybridized carbons (Fsp3) is 0.147. The molecule has 6 nitrogen and oxygen atoms in total. The number of ketones is 1. The maximum absolute atomic E-state index is 14.3. The minimum atomic E-state index is -0.762. The number of para-hydroxylation sites is 2. The third-order valence-electron chi connectivity index (χ3n) is 7.72. The van der Waals surface area contributed by atoms with Gasteiger partial charge >= 0.3 is 5.97 Å². The molecule has 0 bridgehead atoms. The molecule has 41 heavy (non-hydrogen) atoms. The van der Waals surface area contributed by atoms with Crippen LogP contribution in [0.15, 0.2) is 114 Å². The largest absolute Gasteiger partial charge is 0.465 e. The van der Waals surface area contributed by atoms with E-state index in [-0.39, 0.29) is 29.8 Å². The molecule has 2 aliphatic rings. The van der Waals surface area contributed by atoms with Gasteiger partial charge in [0.1, 0.15) is 5.82 Å². The van der Waals surface area contributed by atoms with E-state index in [4.69, 9.17) is 4.74 Å². The smallest absolute Gasteiger partial charge is 0.337 e. The molecule has 0 spiro atoms. The minimum Gasteiger partial charge on any atom is -0.465 e. The SMILES string of the molecule is COC(=O)c1ccc([C@H]2C3=C(C[C@H](c4ccc(F)cc4)CC3=O)Nc3ccccc3N2C(=O)c2ccccc2)cc1. The van der Waals surface area contributed by atoms with E-state index in [1.165, 1.54) is 19.2 Å². The summed E-state index contributed by atoms with van der Waals surface area (Å²) in [5.41, 5.74) is 4.95. The number of nitrogens with one attached hydrogen (secondary N) is 1. The number of hydrogen-bond donors (Lipinski definition) is 1. The molecule has 6 rings (SSSR count). The molecule has 0 aromatic heterocycles. The van der Waals surface area contributed by atoms with Gasteiger partial charge in [-0.1, -0.05) is 54.6 Å². The molecule has 1 aliphatic heterocycles. The van der Waals surface area contributed by atoms with E-state index in [0.717, 1.165) is 5.56 Å². The van der Waals surface area contributed by atoms with Crippen LogP contribution in [0.3, 0.4) is 0 Å². The van der Waals surface area contributed by atoms with Crippen molar-refractivity contribution in [2.45, 2.75) is 24.8 Å². The monoisotopic (exact) mass is 546 g/mol. The van der Waals surface area contributed by atoms with Gasteiger partial charge in [0.25, 0.3) is 5.91 Å². The van der Waals surface area contributed by atoms with Crippen LogP contribution < -0.4 is 10.2 Å². The highest BCUT2D eigenvalue weighted by molar-refractivity contribution is 6.12. The summed E-state index contributed by atoms with van der Waals surface area (Å²) in [6.45, 7) is 0. The van der Waals surface area contributed by atoms with Crippen molar-refractivity contribution >= 4 is 29.0 Å². The third kappa shape index (κ3) is 4.91. The molecule has 0 unspecified atom stereocenters. The molecule has 204 valence electrons. The Morgan fingerprint density at radius 2 is 1.46 bits per heavy atom. The quantitative estimate of drug-likeness (QED) is 0.284. The summed E-state index contributed by atoms with van der Waals surface area (Å²) in [7, 11) is 1.32. The molecule has 0 radical (unpaired) electrons. The summed E-state index contributed by atoms with van der Waals surface area (Å²) >= 11 is 0. The second kappa shape index (κ2) is 10.8. The zero-order chi connectivity index (χ0) is 28.5. The zero-order valence-electron chi connectivity index (χ0n) is 22.3. The number of esters is 1. The molecule has 1 aliphatic carbocycles. The van der Waals surface area contributed by atoms with Crippen molar-refractivity contribution in [3.63, 3.8) is 0 Å². The van der Waals surface area contributed by atoms with Crippen LogP contribution in [0.2, 0.25) is 0 Å². The van der Waals surface area contributed by atoms with Gasteiger partial charge in [-0.05, 0) is 72.0 Å². The van der Waals surface area contributed by atoms with Crippen LogP contribution in [-0.4, -0.2) is 24.8 Å². The average molecular weight is 547 g/mol. The van der Waals surface area contributed by atoms with E-state index in [1.807, 2.05) is 30.3 Å². The second-order valence-electron chi connectivity index (χ2n) is 10.2. The molecular weight excluding hydrogens is 519 g/mol. The molecule has 7 heteroatoms. The van der Waals surface area contributed by atoms with E-state index in [2.05, 4.69) is 5.32 Å². The van der Waals surface area contributed by atoms with Gasteiger partial charge in [-0.25, -0.2) is 9.18 Å². The molecule has 1 heterocycles. The van der Waals surface area contributed by atoms with Gasteiger partial charge in [-0.15, -0.1) is 0 Å². The van der Waals surface area contributed by atoms with Crippen LogP contribution in [0.4, 0.5) is 15.8 Å². The summed E-state index contributed by atoms with van der Waals surface area (Å²) in [6, 6.07) is 28.8.